The fraction of sp³-hybridized carbons (Fsp3) is 0.556. The summed E-state index contributed by atoms with van der Waals surface area (Å²) < 4.78 is 0. The minimum atomic E-state index is -0.917. The number of hydrogen-bond acceptors (Lipinski definition) is 5. The highest BCUT2D eigenvalue weighted by atomic mass is 32.1. The number of thiazole rings is 1. The summed E-state index contributed by atoms with van der Waals surface area (Å²) in [5, 5.41) is 12.4. The van der Waals surface area contributed by atoms with Crippen molar-refractivity contribution >= 4 is 22.4 Å². The van der Waals surface area contributed by atoms with Crippen molar-refractivity contribution in [3.63, 3.8) is 0 Å². The van der Waals surface area contributed by atoms with Gasteiger partial charge < -0.3 is 16.2 Å². The number of anilines is 1. The largest absolute Gasteiger partial charge is 0.389 e. The summed E-state index contributed by atoms with van der Waals surface area (Å²) >= 11 is 1.15. The number of aromatic nitrogens is 1. The van der Waals surface area contributed by atoms with Crippen molar-refractivity contribution in [1.82, 2.24) is 10.3 Å². The summed E-state index contributed by atoms with van der Waals surface area (Å²) in [5.74, 6) is -0.246. The molecule has 0 aliphatic carbocycles. The zero-order chi connectivity index (χ0) is 11.6. The normalized spacial score (nSPS) is 11.5. The van der Waals surface area contributed by atoms with Crippen molar-refractivity contribution in [2.75, 3.05) is 12.3 Å². The number of hydrogen-bond donors (Lipinski definition) is 3. The van der Waals surface area contributed by atoms with E-state index in [2.05, 4.69) is 10.3 Å². The maximum atomic E-state index is 11.6. The Kier molecular flexibility index (Phi) is 3.31. The number of aryl methyl sites for hydroxylation is 1. The molecule has 0 saturated heterocycles. The molecule has 4 N–H and O–H groups in total. The van der Waals surface area contributed by atoms with Crippen molar-refractivity contribution < 1.29 is 9.90 Å². The van der Waals surface area contributed by atoms with Crippen LogP contribution in [0.25, 0.3) is 0 Å². The van der Waals surface area contributed by atoms with E-state index in [-0.39, 0.29) is 12.5 Å². The van der Waals surface area contributed by atoms with Gasteiger partial charge in [-0.3, -0.25) is 4.79 Å². The molecule has 1 rings (SSSR count). The summed E-state index contributed by atoms with van der Waals surface area (Å²) in [7, 11) is 0. The number of rotatable bonds is 3. The summed E-state index contributed by atoms with van der Waals surface area (Å²) in [6.45, 7) is 5.18. The zero-order valence-electron chi connectivity index (χ0n) is 9.00. The number of carbonyl (C=O) groups excluding carboxylic acids is 1. The van der Waals surface area contributed by atoms with Crippen LogP contribution >= 0.6 is 11.3 Å². The number of nitrogens with one attached hydrogen (secondary N) is 1. The second kappa shape index (κ2) is 4.16. The van der Waals surface area contributed by atoms with Crippen LogP contribution in [0.1, 0.15) is 29.2 Å². The maximum Gasteiger partial charge on any atom is 0.263 e. The van der Waals surface area contributed by atoms with E-state index in [4.69, 9.17) is 5.73 Å². The smallest absolute Gasteiger partial charge is 0.263 e. The van der Waals surface area contributed by atoms with Crippen LogP contribution < -0.4 is 11.1 Å². The molecule has 1 aromatic rings. The second-order valence-electron chi connectivity index (χ2n) is 3.96. The van der Waals surface area contributed by atoms with E-state index in [1.165, 1.54) is 0 Å². The highest BCUT2D eigenvalue weighted by Gasteiger charge is 2.18. The zero-order valence-corrected chi connectivity index (χ0v) is 9.81. The van der Waals surface area contributed by atoms with E-state index in [0.29, 0.717) is 15.7 Å². The average molecular weight is 229 g/mol. The molecule has 15 heavy (non-hydrogen) atoms. The van der Waals surface area contributed by atoms with Gasteiger partial charge >= 0.3 is 0 Å². The molecule has 0 saturated carbocycles. The standard InChI is InChI=1S/C9H15N3O2S/c1-5-6(15-8(10)12-5)7(13)11-4-9(2,3)14/h14H,4H2,1-3H3,(H2,10,12)(H,11,13). The van der Waals surface area contributed by atoms with Gasteiger partial charge in [-0.2, -0.15) is 0 Å². The molecule has 0 atom stereocenters. The molecule has 1 aromatic heterocycles. The van der Waals surface area contributed by atoms with E-state index in [1.54, 1.807) is 20.8 Å². The van der Waals surface area contributed by atoms with Crippen LogP contribution in [-0.4, -0.2) is 28.1 Å². The first-order valence-electron chi connectivity index (χ1n) is 4.53. The SMILES string of the molecule is Cc1nc(N)sc1C(=O)NCC(C)(C)O. The number of nitrogen functional groups attached to an aromatic ring is 1. The Morgan fingerprint density at radius 1 is 1.67 bits per heavy atom. The van der Waals surface area contributed by atoms with Crippen molar-refractivity contribution in [1.29, 1.82) is 0 Å². The van der Waals surface area contributed by atoms with Gasteiger partial charge in [-0.05, 0) is 20.8 Å². The lowest BCUT2D eigenvalue weighted by Gasteiger charge is -2.17. The summed E-state index contributed by atoms with van der Waals surface area (Å²) in [4.78, 5) is 16.1. The lowest BCUT2D eigenvalue weighted by molar-refractivity contribution is 0.0696. The molecule has 0 spiro atoms. The molecule has 0 bridgehead atoms. The molecule has 0 unspecified atom stereocenters. The molecular formula is C9H15N3O2S. The topological polar surface area (TPSA) is 88.2 Å². The van der Waals surface area contributed by atoms with Crippen molar-refractivity contribution in [2.45, 2.75) is 26.4 Å². The predicted octanol–water partition coefficient (Wildman–Crippen LogP) is 0.534. The fourth-order valence-corrected chi connectivity index (χ4v) is 1.75. The minimum absolute atomic E-state index is 0.197. The van der Waals surface area contributed by atoms with Gasteiger partial charge in [0.2, 0.25) is 0 Å². The first kappa shape index (κ1) is 11.9. The first-order valence-corrected chi connectivity index (χ1v) is 5.35. The van der Waals surface area contributed by atoms with Gasteiger partial charge in [0.1, 0.15) is 4.88 Å². The van der Waals surface area contributed by atoms with Crippen LogP contribution in [0.15, 0.2) is 0 Å². The molecule has 0 radical (unpaired) electrons. The Balaban J connectivity index is 2.66. The molecule has 5 nitrogen and oxygen atoms in total. The lowest BCUT2D eigenvalue weighted by Crippen LogP contribution is -2.38. The third-order valence-corrected chi connectivity index (χ3v) is 2.69. The van der Waals surface area contributed by atoms with Crippen molar-refractivity contribution in [3.8, 4) is 0 Å². The molecule has 0 fully saturated rings. The van der Waals surface area contributed by atoms with Crippen LogP contribution in [0.3, 0.4) is 0 Å². The quantitative estimate of drug-likeness (QED) is 0.705. The van der Waals surface area contributed by atoms with Crippen LogP contribution in [0.4, 0.5) is 5.13 Å². The number of carbonyl (C=O) groups is 1. The Morgan fingerprint density at radius 3 is 2.67 bits per heavy atom. The molecule has 1 amide bonds. The number of nitrogens with two attached hydrogens (primary N) is 1. The highest BCUT2D eigenvalue weighted by Crippen LogP contribution is 2.19. The summed E-state index contributed by atoms with van der Waals surface area (Å²) in [6.07, 6.45) is 0. The number of aliphatic hydroxyl groups is 1. The lowest BCUT2D eigenvalue weighted by atomic mass is 10.1. The van der Waals surface area contributed by atoms with Gasteiger partial charge in [-0.1, -0.05) is 11.3 Å². The van der Waals surface area contributed by atoms with Gasteiger partial charge in [0.15, 0.2) is 5.13 Å². The molecular weight excluding hydrogens is 214 g/mol. The number of amides is 1. The Hall–Kier alpha value is -1.14. The monoisotopic (exact) mass is 229 g/mol. The fourth-order valence-electron chi connectivity index (χ4n) is 1.00. The third kappa shape index (κ3) is 3.49. The average Bonchev–Trinajstić information content (AvgIpc) is 2.40. The summed E-state index contributed by atoms with van der Waals surface area (Å²) in [5.41, 5.74) is 5.18. The molecule has 0 aliphatic heterocycles. The van der Waals surface area contributed by atoms with Crippen molar-refractivity contribution in [3.05, 3.63) is 10.6 Å². The van der Waals surface area contributed by atoms with Crippen LogP contribution in [-0.2, 0) is 0 Å². The van der Waals surface area contributed by atoms with E-state index < -0.39 is 5.60 Å². The Labute approximate surface area is 92.3 Å². The molecule has 6 heteroatoms. The van der Waals surface area contributed by atoms with E-state index in [1.807, 2.05) is 0 Å². The minimum Gasteiger partial charge on any atom is -0.389 e. The van der Waals surface area contributed by atoms with E-state index in [9.17, 15) is 9.90 Å². The van der Waals surface area contributed by atoms with Gasteiger partial charge in [0, 0.05) is 6.54 Å². The van der Waals surface area contributed by atoms with E-state index >= 15 is 0 Å². The van der Waals surface area contributed by atoms with Gasteiger partial charge in [-0.15, -0.1) is 0 Å². The van der Waals surface area contributed by atoms with Crippen LogP contribution in [0, 0.1) is 6.92 Å². The Bertz CT molecular complexity index is 368. The molecule has 0 aliphatic rings. The Morgan fingerprint density at radius 2 is 2.27 bits per heavy atom. The van der Waals surface area contributed by atoms with Crippen molar-refractivity contribution in [2.24, 2.45) is 0 Å². The highest BCUT2D eigenvalue weighted by molar-refractivity contribution is 7.17. The number of nitrogens with zero attached hydrogens (tertiary/aromatic N) is 1. The third-order valence-electron chi connectivity index (χ3n) is 1.70. The summed E-state index contributed by atoms with van der Waals surface area (Å²) in [6, 6.07) is 0. The first-order chi connectivity index (χ1) is 6.79. The molecule has 1 heterocycles. The van der Waals surface area contributed by atoms with Gasteiger partial charge in [0.25, 0.3) is 5.91 Å². The van der Waals surface area contributed by atoms with Gasteiger partial charge in [-0.25, -0.2) is 4.98 Å². The van der Waals surface area contributed by atoms with E-state index in [0.717, 1.165) is 11.3 Å². The van der Waals surface area contributed by atoms with Gasteiger partial charge in [0.05, 0.1) is 11.3 Å². The maximum absolute atomic E-state index is 11.6. The predicted molar refractivity (Wildman–Crippen MR) is 59.9 cm³/mol. The second-order valence-corrected chi connectivity index (χ2v) is 4.99. The van der Waals surface area contributed by atoms with Crippen LogP contribution in [0.5, 0.6) is 0 Å². The van der Waals surface area contributed by atoms with Crippen LogP contribution in [0.2, 0.25) is 0 Å². The molecule has 84 valence electrons. The molecule has 0 aromatic carbocycles.